The van der Waals surface area contributed by atoms with Gasteiger partial charge in [0.05, 0.1) is 0 Å². The van der Waals surface area contributed by atoms with E-state index in [1.165, 1.54) is 45.1 Å². The smallest absolute Gasteiger partial charge is 0.0146 e. The Morgan fingerprint density at radius 2 is 1.92 bits per heavy atom. The van der Waals surface area contributed by atoms with Gasteiger partial charge in [-0.25, -0.2) is 0 Å². The maximum Gasteiger partial charge on any atom is 0.0146 e. The highest BCUT2D eigenvalue weighted by atomic mass is 15.1. The molecule has 1 nitrogen and oxygen atoms in total. The molecule has 0 N–H and O–H groups in total. The molecule has 0 spiro atoms. The Kier molecular flexibility index (Phi) is 2.16. The third kappa shape index (κ3) is 1.28. The number of fused-ring (bicyclic) bond motifs is 1. The predicted molar refractivity (Wildman–Crippen MR) is 52.2 cm³/mol. The Bertz CT molecular complexity index is 162. The highest BCUT2D eigenvalue weighted by Crippen LogP contribution is 2.44. The number of hydrogen-bond acceptors (Lipinski definition) is 1. The monoisotopic (exact) mass is 167 g/mol. The maximum absolute atomic E-state index is 2.60. The number of hydrogen-bond donors (Lipinski definition) is 0. The lowest BCUT2D eigenvalue weighted by Gasteiger charge is -2.50. The minimum Gasteiger partial charge on any atom is -0.303 e. The van der Waals surface area contributed by atoms with E-state index in [9.17, 15) is 0 Å². The molecule has 70 valence electrons. The number of rotatable bonds is 0. The van der Waals surface area contributed by atoms with E-state index in [0.717, 1.165) is 6.04 Å². The zero-order valence-corrected chi connectivity index (χ0v) is 8.47. The lowest BCUT2D eigenvalue weighted by atomic mass is 9.67. The fourth-order valence-electron chi connectivity index (χ4n) is 3.31. The van der Waals surface area contributed by atoms with E-state index in [2.05, 4.69) is 18.9 Å². The fraction of sp³-hybridized carbons (Fsp3) is 1.00. The van der Waals surface area contributed by atoms with Crippen molar-refractivity contribution in [1.82, 2.24) is 4.90 Å². The van der Waals surface area contributed by atoms with Crippen LogP contribution in [0.1, 0.15) is 45.4 Å². The topological polar surface area (TPSA) is 3.24 Å². The molecule has 12 heavy (non-hydrogen) atoms. The van der Waals surface area contributed by atoms with Gasteiger partial charge in [-0.2, -0.15) is 0 Å². The van der Waals surface area contributed by atoms with Crippen LogP contribution >= 0.6 is 0 Å². The van der Waals surface area contributed by atoms with E-state index in [1.807, 2.05) is 0 Å². The normalized spacial score (nSPS) is 44.0. The summed E-state index contributed by atoms with van der Waals surface area (Å²) in [7, 11) is 2.31. The first-order valence-corrected chi connectivity index (χ1v) is 5.43. The van der Waals surface area contributed by atoms with Crippen molar-refractivity contribution in [1.29, 1.82) is 0 Å². The van der Waals surface area contributed by atoms with Crippen molar-refractivity contribution in [2.45, 2.75) is 51.5 Å². The molecule has 2 unspecified atom stereocenters. The highest BCUT2D eigenvalue weighted by Gasteiger charge is 2.40. The van der Waals surface area contributed by atoms with E-state index in [1.54, 1.807) is 0 Å². The van der Waals surface area contributed by atoms with Crippen LogP contribution in [-0.2, 0) is 0 Å². The average Bonchev–Trinajstić information content (AvgIpc) is 2.04. The molecule has 1 aliphatic heterocycles. The van der Waals surface area contributed by atoms with Crippen molar-refractivity contribution in [3.63, 3.8) is 0 Å². The SMILES string of the molecule is CN1CCCC2(C)CCCCC12. The molecule has 2 rings (SSSR count). The first-order valence-electron chi connectivity index (χ1n) is 5.43. The largest absolute Gasteiger partial charge is 0.303 e. The van der Waals surface area contributed by atoms with E-state index in [4.69, 9.17) is 0 Å². The molecule has 0 bridgehead atoms. The summed E-state index contributed by atoms with van der Waals surface area (Å²) in [4.78, 5) is 2.60. The van der Waals surface area contributed by atoms with Gasteiger partial charge in [-0.1, -0.05) is 19.8 Å². The quantitative estimate of drug-likeness (QED) is 0.536. The second kappa shape index (κ2) is 3.02. The summed E-state index contributed by atoms with van der Waals surface area (Å²) in [5.74, 6) is 0. The van der Waals surface area contributed by atoms with Crippen molar-refractivity contribution >= 4 is 0 Å². The highest BCUT2D eigenvalue weighted by molar-refractivity contribution is 4.94. The second-order valence-electron chi connectivity index (χ2n) is 5.00. The number of nitrogens with zero attached hydrogens (tertiary/aromatic N) is 1. The van der Waals surface area contributed by atoms with Crippen LogP contribution in [0.5, 0.6) is 0 Å². The van der Waals surface area contributed by atoms with Gasteiger partial charge in [0.1, 0.15) is 0 Å². The minimum atomic E-state index is 0.672. The Hall–Kier alpha value is -0.0400. The molecule has 0 aromatic heterocycles. The molecule has 1 saturated carbocycles. The lowest BCUT2D eigenvalue weighted by molar-refractivity contribution is 0.00958. The molecule has 0 aromatic carbocycles. The van der Waals surface area contributed by atoms with Crippen LogP contribution in [0.3, 0.4) is 0 Å². The van der Waals surface area contributed by atoms with E-state index >= 15 is 0 Å². The molecule has 1 heterocycles. The Morgan fingerprint density at radius 3 is 2.67 bits per heavy atom. The van der Waals surface area contributed by atoms with E-state index in [-0.39, 0.29) is 0 Å². The average molecular weight is 167 g/mol. The molecule has 1 aliphatic carbocycles. The van der Waals surface area contributed by atoms with Crippen LogP contribution in [0.4, 0.5) is 0 Å². The number of likely N-dealkylation sites (tertiary alicyclic amines) is 1. The zero-order valence-electron chi connectivity index (χ0n) is 8.47. The first kappa shape index (κ1) is 8.55. The van der Waals surface area contributed by atoms with Crippen molar-refractivity contribution < 1.29 is 0 Å². The van der Waals surface area contributed by atoms with Gasteiger partial charge < -0.3 is 4.90 Å². The van der Waals surface area contributed by atoms with Crippen molar-refractivity contribution in [2.75, 3.05) is 13.6 Å². The summed E-state index contributed by atoms with van der Waals surface area (Å²) >= 11 is 0. The van der Waals surface area contributed by atoms with Crippen LogP contribution in [0, 0.1) is 5.41 Å². The molecule has 1 heteroatoms. The molecule has 2 aliphatic rings. The second-order valence-corrected chi connectivity index (χ2v) is 5.00. The number of piperidine rings is 1. The molecule has 2 atom stereocenters. The maximum atomic E-state index is 2.60. The van der Waals surface area contributed by atoms with Gasteiger partial charge in [0.15, 0.2) is 0 Å². The van der Waals surface area contributed by atoms with E-state index < -0.39 is 0 Å². The first-order chi connectivity index (χ1) is 5.72. The van der Waals surface area contributed by atoms with Gasteiger partial charge in [-0.3, -0.25) is 0 Å². The predicted octanol–water partition coefficient (Wildman–Crippen LogP) is 2.66. The molecule has 1 saturated heterocycles. The molecule has 0 radical (unpaired) electrons. The van der Waals surface area contributed by atoms with Crippen LogP contribution in [0.2, 0.25) is 0 Å². The Morgan fingerprint density at radius 1 is 1.17 bits per heavy atom. The summed E-state index contributed by atoms with van der Waals surface area (Å²) in [6.45, 7) is 3.84. The van der Waals surface area contributed by atoms with Crippen molar-refractivity contribution in [3.05, 3.63) is 0 Å². The molecular weight excluding hydrogens is 146 g/mol. The third-order valence-corrected chi connectivity index (χ3v) is 4.07. The summed E-state index contributed by atoms with van der Waals surface area (Å²) < 4.78 is 0. The van der Waals surface area contributed by atoms with Crippen molar-refractivity contribution in [2.24, 2.45) is 5.41 Å². The van der Waals surface area contributed by atoms with Gasteiger partial charge in [-0.15, -0.1) is 0 Å². The van der Waals surface area contributed by atoms with Gasteiger partial charge in [-0.05, 0) is 44.7 Å². The summed E-state index contributed by atoms with van der Waals surface area (Å²) in [6.07, 6.45) is 8.76. The lowest BCUT2D eigenvalue weighted by Crippen LogP contribution is -2.50. The van der Waals surface area contributed by atoms with Crippen LogP contribution in [0.25, 0.3) is 0 Å². The standard InChI is InChI=1S/C11H21N/c1-11-7-4-3-6-10(11)12(2)9-5-8-11/h10H,3-9H2,1-2H3. The molecule has 0 aromatic rings. The molecular formula is C11H21N. The van der Waals surface area contributed by atoms with E-state index in [0.29, 0.717) is 5.41 Å². The van der Waals surface area contributed by atoms with Crippen LogP contribution in [-0.4, -0.2) is 24.5 Å². The summed E-state index contributed by atoms with van der Waals surface area (Å²) in [6, 6.07) is 0.903. The zero-order chi connectivity index (χ0) is 8.60. The van der Waals surface area contributed by atoms with Gasteiger partial charge in [0, 0.05) is 6.04 Å². The van der Waals surface area contributed by atoms with Gasteiger partial charge in [0.25, 0.3) is 0 Å². The Labute approximate surface area is 76.1 Å². The van der Waals surface area contributed by atoms with Crippen LogP contribution in [0.15, 0.2) is 0 Å². The van der Waals surface area contributed by atoms with Gasteiger partial charge >= 0.3 is 0 Å². The third-order valence-electron chi connectivity index (χ3n) is 4.07. The minimum absolute atomic E-state index is 0.672. The summed E-state index contributed by atoms with van der Waals surface area (Å²) in [5.41, 5.74) is 0.672. The van der Waals surface area contributed by atoms with Crippen LogP contribution < -0.4 is 0 Å². The molecule has 2 fully saturated rings. The van der Waals surface area contributed by atoms with Crippen molar-refractivity contribution in [3.8, 4) is 0 Å². The van der Waals surface area contributed by atoms with Gasteiger partial charge in [0.2, 0.25) is 0 Å². The molecule has 0 amide bonds. The Balaban J connectivity index is 2.12. The fourth-order valence-corrected chi connectivity index (χ4v) is 3.31. The summed E-state index contributed by atoms with van der Waals surface area (Å²) in [5, 5.41) is 0.